The van der Waals surface area contributed by atoms with Crippen LogP contribution in [0.5, 0.6) is 0 Å². The summed E-state index contributed by atoms with van der Waals surface area (Å²) >= 11 is 6.06. The molecule has 2 aromatic carbocycles. The minimum Gasteiger partial charge on any atom is -0.378 e. The van der Waals surface area contributed by atoms with E-state index in [9.17, 15) is 10.1 Å². The number of rotatable bonds is 4. The van der Waals surface area contributed by atoms with Crippen LogP contribution in [0, 0.1) is 10.1 Å². The van der Waals surface area contributed by atoms with Gasteiger partial charge in [0, 0.05) is 47.7 Å². The van der Waals surface area contributed by atoms with E-state index >= 15 is 0 Å². The second-order valence-corrected chi connectivity index (χ2v) is 5.74. The van der Waals surface area contributed by atoms with E-state index in [-0.39, 0.29) is 5.69 Å². The predicted molar refractivity (Wildman–Crippen MR) is 94.8 cm³/mol. The van der Waals surface area contributed by atoms with E-state index in [0.717, 1.165) is 37.7 Å². The summed E-state index contributed by atoms with van der Waals surface area (Å²) < 4.78 is 5.34. The van der Waals surface area contributed by atoms with Crippen LogP contribution in [0.1, 0.15) is 5.56 Å². The van der Waals surface area contributed by atoms with Gasteiger partial charge < -0.3 is 9.64 Å². The fraction of sp³-hybridized carbons (Fsp3) is 0.235. The molecule has 1 fully saturated rings. The van der Waals surface area contributed by atoms with Gasteiger partial charge in [-0.15, -0.1) is 0 Å². The number of benzene rings is 2. The van der Waals surface area contributed by atoms with Crippen LogP contribution in [-0.2, 0) is 4.74 Å². The molecule has 0 bridgehead atoms. The molecule has 1 saturated heterocycles. The summed E-state index contributed by atoms with van der Waals surface area (Å²) in [4.78, 5) is 17.0. The molecule has 3 rings (SSSR count). The summed E-state index contributed by atoms with van der Waals surface area (Å²) in [5, 5.41) is 11.3. The highest BCUT2D eigenvalue weighted by Crippen LogP contribution is 2.23. The molecule has 0 unspecified atom stereocenters. The van der Waals surface area contributed by atoms with Crippen molar-refractivity contribution in [2.45, 2.75) is 0 Å². The number of anilines is 1. The molecule has 24 heavy (non-hydrogen) atoms. The molecule has 0 aromatic heterocycles. The maximum atomic E-state index is 10.8. The molecule has 1 heterocycles. The smallest absolute Gasteiger partial charge is 0.270 e. The van der Waals surface area contributed by atoms with Crippen molar-refractivity contribution in [3.63, 3.8) is 0 Å². The van der Waals surface area contributed by atoms with E-state index in [4.69, 9.17) is 16.3 Å². The van der Waals surface area contributed by atoms with E-state index in [1.165, 1.54) is 18.2 Å². The van der Waals surface area contributed by atoms with E-state index in [1.807, 2.05) is 24.3 Å². The Kier molecular flexibility index (Phi) is 5.08. The molecule has 0 N–H and O–H groups in total. The molecule has 2 aromatic rings. The Morgan fingerprint density at radius 2 is 1.88 bits per heavy atom. The van der Waals surface area contributed by atoms with E-state index in [1.54, 1.807) is 6.21 Å². The molecule has 6 nitrogen and oxygen atoms in total. The maximum absolute atomic E-state index is 10.8. The minimum absolute atomic E-state index is 0.0106. The Bertz CT molecular complexity index is 756. The number of morpholine rings is 1. The largest absolute Gasteiger partial charge is 0.378 e. The van der Waals surface area contributed by atoms with E-state index < -0.39 is 4.92 Å². The van der Waals surface area contributed by atoms with Crippen LogP contribution in [0.4, 0.5) is 17.1 Å². The summed E-state index contributed by atoms with van der Waals surface area (Å²) in [6.07, 6.45) is 1.54. The normalized spacial score (nSPS) is 15.0. The fourth-order valence-corrected chi connectivity index (χ4v) is 2.63. The molecule has 124 valence electrons. The van der Waals surface area contributed by atoms with Gasteiger partial charge in [0.2, 0.25) is 0 Å². The van der Waals surface area contributed by atoms with Crippen molar-refractivity contribution in [1.82, 2.24) is 0 Å². The first kappa shape index (κ1) is 16.4. The van der Waals surface area contributed by atoms with Crippen molar-refractivity contribution in [2.24, 2.45) is 4.99 Å². The van der Waals surface area contributed by atoms with Gasteiger partial charge in [0.15, 0.2) is 0 Å². The van der Waals surface area contributed by atoms with Gasteiger partial charge in [0.05, 0.1) is 23.8 Å². The third kappa shape index (κ3) is 3.90. The van der Waals surface area contributed by atoms with E-state index in [0.29, 0.717) is 10.6 Å². The zero-order valence-electron chi connectivity index (χ0n) is 12.9. The molecule has 0 spiro atoms. The number of halogens is 1. The van der Waals surface area contributed by atoms with Crippen molar-refractivity contribution in [3.05, 3.63) is 63.2 Å². The lowest BCUT2D eigenvalue weighted by atomic mass is 10.2. The Morgan fingerprint density at radius 1 is 1.17 bits per heavy atom. The molecule has 0 aliphatic carbocycles. The van der Waals surface area contributed by atoms with Gasteiger partial charge in [0.25, 0.3) is 5.69 Å². The number of ether oxygens (including phenoxy) is 1. The summed E-state index contributed by atoms with van der Waals surface area (Å²) in [5.74, 6) is 0. The quantitative estimate of drug-likeness (QED) is 0.479. The highest BCUT2D eigenvalue weighted by molar-refractivity contribution is 6.33. The van der Waals surface area contributed by atoms with Crippen LogP contribution in [-0.4, -0.2) is 37.4 Å². The molecular formula is C17H16ClN3O3. The lowest BCUT2D eigenvalue weighted by Gasteiger charge is -2.28. The van der Waals surface area contributed by atoms with Crippen LogP contribution >= 0.6 is 11.6 Å². The number of aliphatic imine (C=N–C) groups is 1. The first-order valence-corrected chi connectivity index (χ1v) is 7.92. The third-order valence-corrected chi connectivity index (χ3v) is 4.11. The van der Waals surface area contributed by atoms with Gasteiger partial charge in [0.1, 0.15) is 0 Å². The second kappa shape index (κ2) is 7.42. The van der Waals surface area contributed by atoms with Crippen LogP contribution in [0.15, 0.2) is 47.5 Å². The van der Waals surface area contributed by atoms with Crippen LogP contribution < -0.4 is 4.90 Å². The van der Waals surface area contributed by atoms with Gasteiger partial charge >= 0.3 is 0 Å². The number of hydrogen-bond acceptors (Lipinski definition) is 5. The van der Waals surface area contributed by atoms with Crippen molar-refractivity contribution < 1.29 is 9.66 Å². The summed E-state index contributed by atoms with van der Waals surface area (Å²) in [6, 6.07) is 12.1. The molecule has 7 heteroatoms. The monoisotopic (exact) mass is 345 g/mol. The second-order valence-electron chi connectivity index (χ2n) is 5.34. The Hall–Kier alpha value is -2.44. The molecule has 1 aliphatic rings. The standard InChI is InChI=1S/C17H16ClN3O3/c18-17-6-5-16(21(22)23)11-13(17)12-19-14-1-3-15(4-2-14)20-7-9-24-10-8-20/h1-6,11-12H,7-10H2. The van der Waals surface area contributed by atoms with Gasteiger partial charge in [-0.2, -0.15) is 0 Å². The first-order chi connectivity index (χ1) is 11.6. The number of nitro groups is 1. The summed E-state index contributed by atoms with van der Waals surface area (Å²) in [7, 11) is 0. The average molecular weight is 346 g/mol. The Morgan fingerprint density at radius 3 is 2.54 bits per heavy atom. The van der Waals surface area contributed by atoms with Gasteiger partial charge in [-0.3, -0.25) is 15.1 Å². The Balaban J connectivity index is 1.75. The van der Waals surface area contributed by atoms with E-state index in [2.05, 4.69) is 9.89 Å². The molecular weight excluding hydrogens is 330 g/mol. The highest BCUT2D eigenvalue weighted by atomic mass is 35.5. The molecule has 0 radical (unpaired) electrons. The number of non-ortho nitro benzene ring substituents is 1. The van der Waals surface area contributed by atoms with Gasteiger partial charge in [-0.05, 0) is 30.3 Å². The number of nitro benzene ring substituents is 1. The Labute approximate surface area is 144 Å². The predicted octanol–water partition coefficient (Wildman–Crippen LogP) is 3.84. The summed E-state index contributed by atoms with van der Waals surface area (Å²) in [5.41, 5.74) is 2.40. The highest BCUT2D eigenvalue weighted by Gasteiger charge is 2.11. The van der Waals surface area contributed by atoms with Crippen molar-refractivity contribution in [3.8, 4) is 0 Å². The van der Waals surface area contributed by atoms with Crippen molar-refractivity contribution in [1.29, 1.82) is 0 Å². The lowest BCUT2D eigenvalue weighted by Crippen LogP contribution is -2.36. The number of hydrogen-bond donors (Lipinski definition) is 0. The molecule has 0 amide bonds. The third-order valence-electron chi connectivity index (χ3n) is 3.77. The zero-order valence-corrected chi connectivity index (χ0v) is 13.6. The SMILES string of the molecule is O=[N+]([O-])c1ccc(Cl)c(C=Nc2ccc(N3CCOCC3)cc2)c1. The van der Waals surface area contributed by atoms with Crippen LogP contribution in [0.3, 0.4) is 0 Å². The van der Waals surface area contributed by atoms with Gasteiger partial charge in [-0.1, -0.05) is 11.6 Å². The fourth-order valence-electron chi connectivity index (χ4n) is 2.46. The van der Waals surface area contributed by atoms with Crippen LogP contribution in [0.25, 0.3) is 0 Å². The minimum atomic E-state index is -0.454. The van der Waals surface area contributed by atoms with Crippen molar-refractivity contribution in [2.75, 3.05) is 31.2 Å². The zero-order chi connectivity index (χ0) is 16.9. The lowest BCUT2D eigenvalue weighted by molar-refractivity contribution is -0.384. The van der Waals surface area contributed by atoms with Gasteiger partial charge in [-0.25, -0.2) is 0 Å². The molecule has 0 saturated carbocycles. The average Bonchev–Trinajstić information content (AvgIpc) is 2.62. The molecule has 1 aliphatic heterocycles. The maximum Gasteiger partial charge on any atom is 0.270 e. The first-order valence-electron chi connectivity index (χ1n) is 7.54. The summed E-state index contributed by atoms with van der Waals surface area (Å²) in [6.45, 7) is 3.24. The topological polar surface area (TPSA) is 68.0 Å². The van der Waals surface area contributed by atoms with Crippen LogP contribution in [0.2, 0.25) is 5.02 Å². The van der Waals surface area contributed by atoms with Crippen molar-refractivity contribution >= 4 is 34.9 Å². The number of nitrogens with zero attached hydrogens (tertiary/aromatic N) is 3. The molecule has 0 atom stereocenters.